The Morgan fingerprint density at radius 3 is 1.55 bits per heavy atom. The number of pyridine rings is 2. The first-order valence-corrected chi connectivity index (χ1v) is 17.0. The summed E-state index contributed by atoms with van der Waals surface area (Å²) in [6.07, 6.45) is 15.9. The average Bonchev–Trinajstić information content (AvgIpc) is 3.02. The van der Waals surface area contributed by atoms with Crippen LogP contribution in [0.15, 0.2) is 60.9 Å². The number of nitrogens with one attached hydrogen (secondary N) is 2. The summed E-state index contributed by atoms with van der Waals surface area (Å²) < 4.78 is 2.24. The maximum atomic E-state index is 10.3. The second-order valence-electron chi connectivity index (χ2n) is 11.7. The van der Waals surface area contributed by atoms with Gasteiger partial charge >= 0.3 is 0 Å². The summed E-state index contributed by atoms with van der Waals surface area (Å²) in [6, 6.07) is 15.5. The van der Waals surface area contributed by atoms with Gasteiger partial charge in [-0.3, -0.25) is 15.3 Å². The predicted octanol–water partition coefficient (Wildman–Crippen LogP) is 8.48. The van der Waals surface area contributed by atoms with Crippen molar-refractivity contribution in [3.05, 3.63) is 71.0 Å². The van der Waals surface area contributed by atoms with Crippen molar-refractivity contribution in [2.45, 2.75) is 84.1 Å². The zero-order valence-corrected chi connectivity index (χ0v) is 27.8. The van der Waals surface area contributed by atoms with E-state index in [-0.39, 0.29) is 0 Å². The molecule has 2 aromatic carbocycles. The summed E-state index contributed by atoms with van der Waals surface area (Å²) in [5.74, 6) is 0. The SMILES string of the molecule is CCCCCCC(CCCCCC)N(CCNc1cc[n+](O)c2cc(Cl)ccc12)CCNc1cc[n+](O)c2cc(Cl)ccc12. The molecule has 4 rings (SSSR count). The van der Waals surface area contributed by atoms with E-state index in [0.29, 0.717) is 27.1 Å². The van der Waals surface area contributed by atoms with Gasteiger partial charge < -0.3 is 10.6 Å². The lowest BCUT2D eigenvalue weighted by atomic mass is 9.99. The lowest BCUT2D eigenvalue weighted by Crippen LogP contribution is -2.41. The molecule has 0 radical (unpaired) electrons. The van der Waals surface area contributed by atoms with E-state index in [4.69, 9.17) is 23.2 Å². The highest BCUT2D eigenvalue weighted by molar-refractivity contribution is 6.31. The normalized spacial score (nSPS) is 11.7. The summed E-state index contributed by atoms with van der Waals surface area (Å²) in [4.78, 5) is 2.65. The van der Waals surface area contributed by atoms with E-state index in [1.165, 1.54) is 64.2 Å². The van der Waals surface area contributed by atoms with E-state index in [1.54, 1.807) is 24.5 Å². The second-order valence-corrected chi connectivity index (χ2v) is 12.6. The van der Waals surface area contributed by atoms with Crippen LogP contribution in [0.25, 0.3) is 21.8 Å². The summed E-state index contributed by atoms with van der Waals surface area (Å²) in [7, 11) is 0. The highest BCUT2D eigenvalue weighted by atomic mass is 35.5. The molecule has 44 heavy (non-hydrogen) atoms. The summed E-state index contributed by atoms with van der Waals surface area (Å²) >= 11 is 12.4. The van der Waals surface area contributed by atoms with Gasteiger partial charge in [-0.1, -0.05) is 88.4 Å². The van der Waals surface area contributed by atoms with Crippen LogP contribution in [0, 0.1) is 0 Å². The van der Waals surface area contributed by atoms with Crippen molar-refractivity contribution in [1.29, 1.82) is 0 Å². The average molecular weight is 643 g/mol. The minimum Gasteiger partial charge on any atom is -0.383 e. The van der Waals surface area contributed by atoms with E-state index < -0.39 is 0 Å². The van der Waals surface area contributed by atoms with Crippen LogP contribution in [-0.2, 0) is 0 Å². The molecule has 4 N–H and O–H groups in total. The molecule has 238 valence electrons. The molecule has 0 saturated heterocycles. The lowest BCUT2D eigenvalue weighted by Gasteiger charge is -2.33. The van der Waals surface area contributed by atoms with Crippen molar-refractivity contribution in [2.24, 2.45) is 0 Å². The molecule has 0 aliphatic heterocycles. The van der Waals surface area contributed by atoms with E-state index >= 15 is 0 Å². The Morgan fingerprint density at radius 2 is 1.11 bits per heavy atom. The molecule has 2 aromatic heterocycles. The van der Waals surface area contributed by atoms with Crippen molar-refractivity contribution >= 4 is 56.4 Å². The monoisotopic (exact) mass is 641 g/mol. The molecule has 2 heterocycles. The van der Waals surface area contributed by atoms with Crippen LogP contribution in [-0.4, -0.2) is 47.5 Å². The summed E-state index contributed by atoms with van der Waals surface area (Å²) in [6.45, 7) is 7.91. The maximum absolute atomic E-state index is 10.3. The van der Waals surface area contributed by atoms with Gasteiger partial charge in [0.05, 0.1) is 22.1 Å². The van der Waals surface area contributed by atoms with Crippen LogP contribution in [0.4, 0.5) is 11.4 Å². The highest BCUT2D eigenvalue weighted by Crippen LogP contribution is 2.25. The second kappa shape index (κ2) is 17.5. The number of benzene rings is 2. The van der Waals surface area contributed by atoms with Crippen LogP contribution in [0.2, 0.25) is 10.0 Å². The molecule has 0 aliphatic carbocycles. The van der Waals surface area contributed by atoms with Crippen LogP contribution in [0.1, 0.15) is 78.1 Å². The van der Waals surface area contributed by atoms with Gasteiger partial charge in [0, 0.05) is 76.0 Å². The van der Waals surface area contributed by atoms with E-state index in [0.717, 1.165) is 57.8 Å². The van der Waals surface area contributed by atoms with Crippen LogP contribution < -0.4 is 20.1 Å². The number of hydrogen-bond donors (Lipinski definition) is 4. The van der Waals surface area contributed by atoms with Crippen molar-refractivity contribution in [1.82, 2.24) is 4.90 Å². The molecule has 0 fully saturated rings. The summed E-state index contributed by atoms with van der Waals surface area (Å²) in [5, 5.41) is 31.0. The first kappa shape index (κ1) is 33.9. The van der Waals surface area contributed by atoms with Crippen molar-refractivity contribution in [2.75, 3.05) is 36.8 Å². The van der Waals surface area contributed by atoms with Gasteiger partial charge in [-0.2, -0.15) is 0 Å². The van der Waals surface area contributed by atoms with E-state index in [9.17, 15) is 10.4 Å². The third-order valence-electron chi connectivity index (χ3n) is 8.49. The molecule has 0 amide bonds. The van der Waals surface area contributed by atoms with Gasteiger partial charge in [-0.05, 0) is 37.1 Å². The highest BCUT2D eigenvalue weighted by Gasteiger charge is 2.20. The van der Waals surface area contributed by atoms with Gasteiger partial charge in [0.15, 0.2) is 0 Å². The number of nitrogens with zero attached hydrogens (tertiary/aromatic N) is 3. The Kier molecular flexibility index (Phi) is 13.5. The van der Waals surface area contributed by atoms with Crippen LogP contribution >= 0.6 is 23.2 Å². The van der Waals surface area contributed by atoms with Crippen LogP contribution in [0.3, 0.4) is 0 Å². The number of anilines is 2. The fourth-order valence-corrected chi connectivity index (χ4v) is 6.38. The van der Waals surface area contributed by atoms with Crippen molar-refractivity contribution < 1.29 is 19.9 Å². The Hall–Kier alpha value is -3.00. The fourth-order valence-electron chi connectivity index (χ4n) is 6.05. The molecular formula is C35H49Cl2N5O2+2. The van der Waals surface area contributed by atoms with Crippen molar-refractivity contribution in [3.8, 4) is 0 Å². The Labute approximate surface area is 272 Å². The molecule has 9 heteroatoms. The van der Waals surface area contributed by atoms with Gasteiger partial charge in [-0.25, -0.2) is 0 Å². The van der Waals surface area contributed by atoms with Gasteiger partial charge in [0.25, 0.3) is 11.0 Å². The number of fused-ring (bicyclic) bond motifs is 2. The predicted molar refractivity (Wildman–Crippen MR) is 183 cm³/mol. The van der Waals surface area contributed by atoms with Crippen molar-refractivity contribution in [3.63, 3.8) is 0 Å². The van der Waals surface area contributed by atoms with E-state index in [1.807, 2.05) is 36.4 Å². The minimum atomic E-state index is 0.518. The molecular weight excluding hydrogens is 593 g/mol. The Bertz CT molecular complexity index is 1380. The quantitative estimate of drug-likeness (QED) is 0.0469. The molecule has 0 spiro atoms. The largest absolute Gasteiger partial charge is 0.383 e. The van der Waals surface area contributed by atoms with Gasteiger partial charge in [0.1, 0.15) is 0 Å². The molecule has 4 aromatic rings. The molecule has 0 saturated carbocycles. The van der Waals surface area contributed by atoms with Gasteiger partial charge in [-0.15, -0.1) is 0 Å². The Balaban J connectivity index is 1.49. The number of rotatable bonds is 19. The fraction of sp³-hybridized carbons (Fsp3) is 0.486. The topological polar surface area (TPSA) is 75.5 Å². The summed E-state index contributed by atoms with van der Waals surface area (Å²) in [5.41, 5.74) is 3.31. The number of aromatic nitrogens is 2. The third kappa shape index (κ3) is 9.50. The zero-order chi connectivity index (χ0) is 31.3. The minimum absolute atomic E-state index is 0.518. The van der Waals surface area contributed by atoms with Crippen LogP contribution in [0.5, 0.6) is 0 Å². The molecule has 7 nitrogen and oxygen atoms in total. The molecule has 0 aliphatic rings. The molecule has 0 atom stereocenters. The third-order valence-corrected chi connectivity index (χ3v) is 8.96. The van der Waals surface area contributed by atoms with E-state index in [2.05, 4.69) is 29.4 Å². The molecule has 0 bridgehead atoms. The number of unbranched alkanes of at least 4 members (excludes halogenated alkanes) is 6. The maximum Gasteiger partial charge on any atom is 0.268 e. The standard InChI is InChI=1S/C35H47Cl2N5O2/c1-3-5-7-9-11-29(12-10-8-6-4-2)40(23-19-38-32-17-21-41(43)34-25-27(36)13-15-30(32)34)24-20-39-33-18-22-42(44)35-26-28(37)14-16-31(33)35/h13-18,21-22,25-26,29,43-44H,3-12,19-20,23-24H2,1-2H3/p+2. The smallest absolute Gasteiger partial charge is 0.268 e. The lowest BCUT2D eigenvalue weighted by molar-refractivity contribution is -0.884. The number of hydrogen-bond acceptors (Lipinski definition) is 5. The van der Waals surface area contributed by atoms with Gasteiger partial charge in [0.2, 0.25) is 12.4 Å². The first-order chi connectivity index (χ1) is 21.4. The zero-order valence-electron chi connectivity index (χ0n) is 26.2. The molecule has 0 unspecified atom stereocenters. The first-order valence-electron chi connectivity index (χ1n) is 16.3. The number of halogens is 2. The Morgan fingerprint density at radius 1 is 0.659 bits per heavy atom.